The standard InChI is InChI=1S/C20H22FN9O4S/c1-12(8-17-22-9-13(21)10-23-17)35(31,32)28-20-26-25-19(14-11-24-29(2)27-14)30(20)18-15(33-3)6-5-7-16(18)34-4/h5-7,9-12H,8H2,1-4H3,(H,26,28). The number of sulfonamides is 1. The highest BCUT2D eigenvalue weighted by molar-refractivity contribution is 7.93. The fourth-order valence-electron chi connectivity index (χ4n) is 3.27. The number of methoxy groups -OCH3 is 2. The minimum atomic E-state index is -4.02. The number of anilines is 1. The van der Waals surface area contributed by atoms with E-state index in [2.05, 4.69) is 35.1 Å². The SMILES string of the molecule is COc1cccc(OC)c1-n1c(NS(=O)(=O)C(C)Cc2ncc(F)cn2)nnc1-c1cnn(C)n1. The Balaban J connectivity index is 1.79. The highest BCUT2D eigenvalue weighted by Crippen LogP contribution is 2.37. The van der Waals surface area contributed by atoms with Crippen LogP contribution in [-0.2, 0) is 23.5 Å². The largest absolute Gasteiger partial charge is 0.494 e. The summed E-state index contributed by atoms with van der Waals surface area (Å²) in [7, 11) is 0.554. The number of benzene rings is 1. The lowest BCUT2D eigenvalue weighted by Crippen LogP contribution is -2.29. The van der Waals surface area contributed by atoms with Crippen LogP contribution in [-0.4, -0.2) is 67.6 Å². The maximum atomic E-state index is 13.2. The first-order chi connectivity index (χ1) is 16.7. The summed E-state index contributed by atoms with van der Waals surface area (Å²) in [5.41, 5.74) is 0.696. The minimum absolute atomic E-state index is 0.0568. The quantitative estimate of drug-likeness (QED) is 0.354. The number of nitrogens with one attached hydrogen (secondary N) is 1. The number of para-hydroxylation sites is 1. The van der Waals surface area contributed by atoms with Crippen molar-refractivity contribution in [2.24, 2.45) is 7.05 Å². The van der Waals surface area contributed by atoms with E-state index in [0.29, 0.717) is 22.9 Å². The van der Waals surface area contributed by atoms with Gasteiger partial charge in [0.2, 0.25) is 16.0 Å². The summed E-state index contributed by atoms with van der Waals surface area (Å²) in [6.45, 7) is 1.48. The molecule has 0 radical (unpaired) electrons. The van der Waals surface area contributed by atoms with E-state index < -0.39 is 21.1 Å². The van der Waals surface area contributed by atoms with Crippen LogP contribution in [0.3, 0.4) is 0 Å². The van der Waals surface area contributed by atoms with Crippen LogP contribution < -0.4 is 14.2 Å². The number of ether oxygens (including phenoxy) is 2. The van der Waals surface area contributed by atoms with Crippen LogP contribution in [0.1, 0.15) is 12.7 Å². The summed E-state index contributed by atoms with van der Waals surface area (Å²) in [5.74, 6) is 0.397. The summed E-state index contributed by atoms with van der Waals surface area (Å²) >= 11 is 0. The molecule has 15 heteroatoms. The van der Waals surface area contributed by atoms with Crippen molar-refractivity contribution in [3.05, 3.63) is 48.4 Å². The summed E-state index contributed by atoms with van der Waals surface area (Å²) in [4.78, 5) is 9.00. The zero-order valence-corrected chi connectivity index (χ0v) is 20.1. The van der Waals surface area contributed by atoms with Crippen molar-refractivity contribution in [2.45, 2.75) is 18.6 Å². The van der Waals surface area contributed by atoms with Gasteiger partial charge in [-0.3, -0.25) is 9.29 Å². The molecule has 0 saturated carbocycles. The van der Waals surface area contributed by atoms with E-state index in [0.717, 1.165) is 12.4 Å². The van der Waals surface area contributed by atoms with Crippen LogP contribution in [0.4, 0.5) is 10.3 Å². The molecule has 1 unspecified atom stereocenters. The fourth-order valence-corrected chi connectivity index (χ4v) is 4.22. The first-order valence-electron chi connectivity index (χ1n) is 10.2. The van der Waals surface area contributed by atoms with Crippen molar-refractivity contribution < 1.29 is 22.3 Å². The van der Waals surface area contributed by atoms with Gasteiger partial charge in [0.1, 0.15) is 23.0 Å². The van der Waals surface area contributed by atoms with E-state index in [4.69, 9.17) is 9.47 Å². The Bertz CT molecular complexity index is 1420. The average Bonchev–Trinajstić information content (AvgIpc) is 3.45. The van der Waals surface area contributed by atoms with E-state index in [1.165, 1.54) is 36.7 Å². The highest BCUT2D eigenvalue weighted by Gasteiger charge is 2.29. The molecule has 0 aliphatic rings. The second-order valence-electron chi connectivity index (χ2n) is 7.39. The number of aromatic nitrogens is 8. The average molecular weight is 504 g/mol. The monoisotopic (exact) mass is 503 g/mol. The van der Waals surface area contributed by atoms with E-state index in [1.807, 2.05) is 0 Å². The highest BCUT2D eigenvalue weighted by atomic mass is 32.2. The molecule has 184 valence electrons. The Hall–Kier alpha value is -4.14. The molecular formula is C20H22FN9O4S. The molecule has 35 heavy (non-hydrogen) atoms. The van der Waals surface area contributed by atoms with Gasteiger partial charge in [-0.1, -0.05) is 6.07 Å². The van der Waals surface area contributed by atoms with Crippen molar-refractivity contribution in [1.29, 1.82) is 0 Å². The Labute approximate surface area is 200 Å². The third-order valence-electron chi connectivity index (χ3n) is 5.02. The molecule has 3 heterocycles. The van der Waals surface area contributed by atoms with Crippen LogP contribution in [0, 0.1) is 5.82 Å². The predicted molar refractivity (Wildman–Crippen MR) is 122 cm³/mol. The van der Waals surface area contributed by atoms with Gasteiger partial charge in [0, 0.05) is 13.5 Å². The van der Waals surface area contributed by atoms with E-state index in [-0.39, 0.29) is 24.0 Å². The number of aryl methyl sites for hydroxylation is 1. The Morgan fingerprint density at radius 2 is 1.74 bits per heavy atom. The van der Waals surface area contributed by atoms with Gasteiger partial charge in [-0.25, -0.2) is 22.8 Å². The van der Waals surface area contributed by atoms with Crippen molar-refractivity contribution in [1.82, 2.24) is 39.7 Å². The zero-order valence-electron chi connectivity index (χ0n) is 19.2. The first-order valence-corrected chi connectivity index (χ1v) is 11.8. The number of nitrogens with zero attached hydrogens (tertiary/aromatic N) is 8. The minimum Gasteiger partial charge on any atom is -0.494 e. The fraction of sp³-hybridized carbons (Fsp3) is 0.300. The van der Waals surface area contributed by atoms with Crippen LogP contribution in [0.5, 0.6) is 11.5 Å². The molecule has 0 bridgehead atoms. The van der Waals surface area contributed by atoms with Crippen LogP contribution in [0.15, 0.2) is 36.8 Å². The number of halogens is 1. The molecule has 13 nitrogen and oxygen atoms in total. The third kappa shape index (κ3) is 4.89. The normalized spacial score (nSPS) is 12.4. The molecule has 3 aromatic heterocycles. The van der Waals surface area contributed by atoms with Gasteiger partial charge in [0.05, 0.1) is 38.1 Å². The van der Waals surface area contributed by atoms with Gasteiger partial charge >= 0.3 is 0 Å². The molecule has 1 atom stereocenters. The van der Waals surface area contributed by atoms with Gasteiger partial charge in [-0.15, -0.1) is 10.2 Å². The number of hydrogen-bond donors (Lipinski definition) is 1. The van der Waals surface area contributed by atoms with Gasteiger partial charge in [0.15, 0.2) is 17.3 Å². The van der Waals surface area contributed by atoms with Crippen LogP contribution in [0.25, 0.3) is 17.2 Å². The van der Waals surface area contributed by atoms with Crippen molar-refractivity contribution in [2.75, 3.05) is 18.9 Å². The lowest BCUT2D eigenvalue weighted by Gasteiger charge is -2.18. The van der Waals surface area contributed by atoms with Gasteiger partial charge in [-0.05, 0) is 19.1 Å². The van der Waals surface area contributed by atoms with E-state index in [9.17, 15) is 12.8 Å². The van der Waals surface area contributed by atoms with Gasteiger partial charge in [-0.2, -0.15) is 15.0 Å². The maximum Gasteiger partial charge on any atom is 0.243 e. The Morgan fingerprint density at radius 1 is 1.09 bits per heavy atom. The lowest BCUT2D eigenvalue weighted by atomic mass is 10.2. The first kappa shape index (κ1) is 24.0. The lowest BCUT2D eigenvalue weighted by molar-refractivity contribution is 0.391. The van der Waals surface area contributed by atoms with Crippen molar-refractivity contribution >= 4 is 16.0 Å². The molecular weight excluding hydrogens is 481 g/mol. The third-order valence-corrected chi connectivity index (χ3v) is 6.72. The van der Waals surface area contributed by atoms with Crippen LogP contribution in [0.2, 0.25) is 0 Å². The van der Waals surface area contributed by atoms with Crippen LogP contribution >= 0.6 is 0 Å². The zero-order chi connectivity index (χ0) is 25.2. The second kappa shape index (κ2) is 9.61. The molecule has 0 amide bonds. The molecule has 0 saturated heterocycles. The smallest absolute Gasteiger partial charge is 0.243 e. The topological polar surface area (TPSA) is 152 Å². The Morgan fingerprint density at radius 3 is 2.31 bits per heavy atom. The number of hydrogen-bond acceptors (Lipinski definition) is 10. The van der Waals surface area contributed by atoms with Gasteiger partial charge in [0.25, 0.3) is 0 Å². The van der Waals surface area contributed by atoms with Crippen molar-refractivity contribution in [3.8, 4) is 28.7 Å². The molecule has 0 fully saturated rings. The molecule has 0 spiro atoms. The molecule has 1 aromatic carbocycles. The molecule has 0 aliphatic heterocycles. The second-order valence-corrected chi connectivity index (χ2v) is 9.49. The summed E-state index contributed by atoms with van der Waals surface area (Å²) in [6, 6.07) is 5.10. The van der Waals surface area contributed by atoms with E-state index >= 15 is 0 Å². The predicted octanol–water partition coefficient (Wildman–Crippen LogP) is 1.38. The molecule has 0 aliphatic carbocycles. The van der Waals surface area contributed by atoms with E-state index in [1.54, 1.807) is 25.2 Å². The number of rotatable bonds is 9. The van der Waals surface area contributed by atoms with Crippen molar-refractivity contribution in [3.63, 3.8) is 0 Å². The summed E-state index contributed by atoms with van der Waals surface area (Å²) in [5, 5.41) is 15.6. The maximum absolute atomic E-state index is 13.2. The summed E-state index contributed by atoms with van der Waals surface area (Å²) in [6.07, 6.45) is 3.37. The Kier molecular flexibility index (Phi) is 6.59. The summed E-state index contributed by atoms with van der Waals surface area (Å²) < 4.78 is 54.4. The molecule has 4 aromatic rings. The molecule has 4 rings (SSSR count). The molecule has 1 N–H and O–H groups in total. The van der Waals surface area contributed by atoms with Gasteiger partial charge < -0.3 is 9.47 Å².